The van der Waals surface area contributed by atoms with E-state index in [9.17, 15) is 10.1 Å². The number of halogens is 1. The Kier molecular flexibility index (Phi) is 3.54. The zero-order valence-electron chi connectivity index (χ0n) is 10.9. The number of hydrogen-bond donors (Lipinski definition) is 0. The Hall–Kier alpha value is -1.55. The molecule has 0 aliphatic rings. The highest BCUT2D eigenvalue weighted by molar-refractivity contribution is 14.1. The standard InChI is InChI=1S/C14H13IN2O2/c1-14(2,3)19-13(18)17-10-7-5-4-6-9(10)12(15)11(17)8-16/h4-7H,1-3H3. The van der Waals surface area contributed by atoms with E-state index in [2.05, 4.69) is 28.7 Å². The first-order valence-corrected chi connectivity index (χ1v) is 6.85. The number of ether oxygens (including phenoxy) is 1. The Morgan fingerprint density at radius 1 is 1.37 bits per heavy atom. The number of hydrogen-bond acceptors (Lipinski definition) is 3. The minimum Gasteiger partial charge on any atom is -0.443 e. The van der Waals surface area contributed by atoms with Gasteiger partial charge in [0.15, 0.2) is 0 Å². The van der Waals surface area contributed by atoms with Gasteiger partial charge in [0, 0.05) is 5.39 Å². The molecule has 19 heavy (non-hydrogen) atoms. The molecule has 0 saturated heterocycles. The lowest BCUT2D eigenvalue weighted by Crippen LogP contribution is -2.27. The molecular weight excluding hydrogens is 355 g/mol. The monoisotopic (exact) mass is 368 g/mol. The molecule has 0 N–H and O–H groups in total. The molecule has 0 fully saturated rings. The van der Waals surface area contributed by atoms with E-state index in [0.717, 1.165) is 8.96 Å². The van der Waals surface area contributed by atoms with E-state index in [0.29, 0.717) is 11.2 Å². The normalized spacial score (nSPS) is 11.3. The summed E-state index contributed by atoms with van der Waals surface area (Å²) in [5.74, 6) is 0. The first kappa shape index (κ1) is 13.9. The van der Waals surface area contributed by atoms with Crippen LogP contribution in [-0.2, 0) is 4.74 Å². The molecule has 2 rings (SSSR count). The van der Waals surface area contributed by atoms with Crippen LogP contribution in [0.15, 0.2) is 24.3 Å². The van der Waals surface area contributed by atoms with Gasteiger partial charge in [-0.1, -0.05) is 18.2 Å². The number of para-hydroxylation sites is 1. The van der Waals surface area contributed by atoms with E-state index in [1.165, 1.54) is 4.57 Å². The lowest BCUT2D eigenvalue weighted by molar-refractivity contribution is 0.0543. The zero-order chi connectivity index (χ0) is 14.2. The van der Waals surface area contributed by atoms with Crippen LogP contribution >= 0.6 is 22.6 Å². The number of benzene rings is 1. The van der Waals surface area contributed by atoms with Crippen molar-refractivity contribution in [2.45, 2.75) is 26.4 Å². The zero-order valence-corrected chi connectivity index (χ0v) is 13.1. The third-order valence-electron chi connectivity index (χ3n) is 2.49. The molecular formula is C14H13IN2O2. The first-order chi connectivity index (χ1) is 8.85. The van der Waals surface area contributed by atoms with Crippen LogP contribution in [-0.4, -0.2) is 16.3 Å². The van der Waals surface area contributed by atoms with E-state index < -0.39 is 11.7 Å². The lowest BCUT2D eigenvalue weighted by Gasteiger charge is -2.20. The fraction of sp³-hybridized carbons (Fsp3) is 0.286. The number of aromatic nitrogens is 1. The van der Waals surface area contributed by atoms with Crippen molar-refractivity contribution < 1.29 is 9.53 Å². The van der Waals surface area contributed by atoms with Gasteiger partial charge in [-0.05, 0) is 49.4 Å². The van der Waals surface area contributed by atoms with Crippen LogP contribution in [0.4, 0.5) is 4.79 Å². The van der Waals surface area contributed by atoms with Gasteiger partial charge in [0.05, 0.1) is 9.09 Å². The van der Waals surface area contributed by atoms with Crippen molar-refractivity contribution >= 4 is 39.6 Å². The molecule has 0 radical (unpaired) electrons. The van der Waals surface area contributed by atoms with Crippen LogP contribution in [0.25, 0.3) is 10.9 Å². The molecule has 0 unspecified atom stereocenters. The summed E-state index contributed by atoms with van der Waals surface area (Å²) in [4.78, 5) is 12.3. The van der Waals surface area contributed by atoms with Crippen LogP contribution in [0.2, 0.25) is 0 Å². The average molecular weight is 368 g/mol. The van der Waals surface area contributed by atoms with E-state index in [1.807, 2.05) is 24.3 Å². The molecule has 1 heterocycles. The second-order valence-corrected chi connectivity index (χ2v) is 6.19. The van der Waals surface area contributed by atoms with E-state index >= 15 is 0 Å². The van der Waals surface area contributed by atoms with Gasteiger partial charge in [0.2, 0.25) is 0 Å². The van der Waals surface area contributed by atoms with Gasteiger partial charge in [-0.25, -0.2) is 9.36 Å². The van der Waals surface area contributed by atoms with Crippen molar-refractivity contribution in [1.29, 1.82) is 5.26 Å². The van der Waals surface area contributed by atoms with Crippen molar-refractivity contribution in [2.24, 2.45) is 0 Å². The van der Waals surface area contributed by atoms with Crippen LogP contribution < -0.4 is 0 Å². The number of nitriles is 1. The maximum absolute atomic E-state index is 12.3. The number of carbonyl (C=O) groups is 1. The van der Waals surface area contributed by atoms with E-state index in [-0.39, 0.29) is 0 Å². The number of nitrogens with zero attached hydrogens (tertiary/aromatic N) is 2. The molecule has 0 amide bonds. The van der Waals surface area contributed by atoms with Gasteiger partial charge in [-0.3, -0.25) is 0 Å². The maximum Gasteiger partial charge on any atom is 0.420 e. The summed E-state index contributed by atoms with van der Waals surface area (Å²) in [6, 6.07) is 9.48. The third kappa shape index (κ3) is 2.59. The number of carbonyl (C=O) groups excluding carboxylic acids is 1. The molecule has 1 aromatic heterocycles. The molecule has 0 atom stereocenters. The molecule has 2 aromatic rings. The topological polar surface area (TPSA) is 55.0 Å². The fourth-order valence-electron chi connectivity index (χ4n) is 1.80. The van der Waals surface area contributed by atoms with E-state index in [4.69, 9.17) is 4.74 Å². The van der Waals surface area contributed by atoms with Crippen LogP contribution in [0.3, 0.4) is 0 Å². The lowest BCUT2D eigenvalue weighted by atomic mass is 10.2. The Morgan fingerprint density at radius 3 is 2.58 bits per heavy atom. The Morgan fingerprint density at radius 2 is 2.00 bits per heavy atom. The van der Waals surface area contributed by atoms with Gasteiger partial charge in [-0.2, -0.15) is 5.26 Å². The van der Waals surface area contributed by atoms with Gasteiger partial charge in [0.25, 0.3) is 0 Å². The van der Waals surface area contributed by atoms with Crippen LogP contribution in [0, 0.1) is 14.9 Å². The minimum atomic E-state index is -0.597. The minimum absolute atomic E-state index is 0.316. The van der Waals surface area contributed by atoms with Gasteiger partial charge in [0.1, 0.15) is 17.4 Å². The smallest absolute Gasteiger partial charge is 0.420 e. The molecule has 0 aliphatic heterocycles. The second kappa shape index (κ2) is 4.85. The molecule has 0 bridgehead atoms. The largest absolute Gasteiger partial charge is 0.443 e. The van der Waals surface area contributed by atoms with Crippen molar-refractivity contribution in [3.63, 3.8) is 0 Å². The Balaban J connectivity index is 2.66. The molecule has 98 valence electrons. The predicted octanol–water partition coefficient (Wildman–Crippen LogP) is 3.90. The summed E-state index contributed by atoms with van der Waals surface area (Å²) in [6.07, 6.45) is -0.525. The first-order valence-electron chi connectivity index (χ1n) is 5.77. The average Bonchev–Trinajstić information content (AvgIpc) is 2.60. The van der Waals surface area contributed by atoms with Crippen LogP contribution in [0.1, 0.15) is 26.5 Å². The maximum atomic E-state index is 12.3. The third-order valence-corrected chi connectivity index (χ3v) is 3.59. The second-order valence-electron chi connectivity index (χ2n) is 5.11. The summed E-state index contributed by atoms with van der Waals surface area (Å²) in [5.41, 5.74) is 0.411. The van der Waals surface area contributed by atoms with E-state index in [1.54, 1.807) is 20.8 Å². The number of fused-ring (bicyclic) bond motifs is 1. The van der Waals surface area contributed by atoms with Gasteiger partial charge < -0.3 is 4.74 Å². The molecule has 1 aromatic carbocycles. The summed E-state index contributed by atoms with van der Waals surface area (Å²) in [6.45, 7) is 5.40. The SMILES string of the molecule is CC(C)(C)OC(=O)n1c(C#N)c(I)c2ccccc21. The Bertz CT molecular complexity index is 690. The van der Waals surface area contributed by atoms with Gasteiger partial charge in [-0.15, -0.1) is 0 Å². The highest BCUT2D eigenvalue weighted by Gasteiger charge is 2.24. The highest BCUT2D eigenvalue weighted by atomic mass is 127. The van der Waals surface area contributed by atoms with Crippen molar-refractivity contribution in [2.75, 3.05) is 0 Å². The molecule has 5 heteroatoms. The molecule has 0 spiro atoms. The van der Waals surface area contributed by atoms with Gasteiger partial charge >= 0.3 is 6.09 Å². The summed E-state index contributed by atoms with van der Waals surface area (Å²) >= 11 is 2.08. The van der Waals surface area contributed by atoms with Crippen molar-refractivity contribution in [1.82, 2.24) is 4.57 Å². The van der Waals surface area contributed by atoms with Crippen molar-refractivity contribution in [3.05, 3.63) is 33.5 Å². The van der Waals surface area contributed by atoms with Crippen molar-refractivity contribution in [3.8, 4) is 6.07 Å². The molecule has 0 saturated carbocycles. The summed E-state index contributed by atoms with van der Waals surface area (Å²) in [7, 11) is 0. The predicted molar refractivity (Wildman–Crippen MR) is 81.0 cm³/mol. The quantitative estimate of drug-likeness (QED) is 0.663. The van der Waals surface area contributed by atoms with Crippen LogP contribution in [0.5, 0.6) is 0 Å². The summed E-state index contributed by atoms with van der Waals surface area (Å²) < 4.78 is 7.46. The number of rotatable bonds is 0. The molecule has 4 nitrogen and oxygen atoms in total. The molecule has 0 aliphatic carbocycles. The fourth-order valence-corrected chi connectivity index (χ4v) is 2.61. The Labute approximate surface area is 125 Å². The summed E-state index contributed by atoms with van der Waals surface area (Å²) in [5, 5.41) is 10.1. The highest BCUT2D eigenvalue weighted by Crippen LogP contribution is 2.28.